The molecule has 8 heteroatoms. The summed E-state index contributed by atoms with van der Waals surface area (Å²) in [5, 5.41) is 0. The van der Waals surface area contributed by atoms with Gasteiger partial charge < -0.3 is 19.3 Å². The van der Waals surface area contributed by atoms with Gasteiger partial charge in [-0.15, -0.1) is 0 Å². The van der Waals surface area contributed by atoms with Crippen LogP contribution in [0.25, 0.3) is 0 Å². The Hall–Kier alpha value is -2.90. The number of ether oxygens (including phenoxy) is 2. The zero-order valence-electron chi connectivity index (χ0n) is 16.3. The molecule has 29 heavy (non-hydrogen) atoms. The van der Waals surface area contributed by atoms with Crippen molar-refractivity contribution in [1.29, 1.82) is 0 Å². The van der Waals surface area contributed by atoms with Crippen molar-refractivity contribution >= 4 is 11.6 Å². The molecule has 2 aromatic rings. The van der Waals surface area contributed by atoms with Crippen LogP contribution in [0.2, 0.25) is 0 Å². The number of benzene rings is 2. The maximum Gasteiger partial charge on any atom is 0.416 e. The van der Waals surface area contributed by atoms with Gasteiger partial charge in [0, 0.05) is 31.9 Å². The van der Waals surface area contributed by atoms with Crippen LogP contribution in [0.1, 0.15) is 12.5 Å². The van der Waals surface area contributed by atoms with Gasteiger partial charge in [0.25, 0.3) is 5.91 Å². The number of rotatable bonds is 5. The van der Waals surface area contributed by atoms with E-state index in [0.29, 0.717) is 43.4 Å². The van der Waals surface area contributed by atoms with Crippen LogP contribution in [-0.4, -0.2) is 50.2 Å². The van der Waals surface area contributed by atoms with Gasteiger partial charge in [-0.25, -0.2) is 0 Å². The Labute approximate surface area is 167 Å². The second kappa shape index (κ2) is 8.63. The molecule has 5 nitrogen and oxygen atoms in total. The minimum Gasteiger partial charge on any atom is -0.497 e. The van der Waals surface area contributed by atoms with Crippen molar-refractivity contribution in [2.75, 3.05) is 38.2 Å². The molecular weight excluding hydrogens is 385 g/mol. The fourth-order valence-electron chi connectivity index (χ4n) is 3.23. The molecular formula is C21H23F3N2O3. The number of hydrogen-bond donors (Lipinski definition) is 0. The SMILES string of the molecule is COc1ccc(OC(C)C(=O)N2CCN(c3cccc(C(F)(F)F)c3)CC2)cc1. The average molecular weight is 408 g/mol. The van der Waals surface area contributed by atoms with Gasteiger partial charge >= 0.3 is 6.18 Å². The molecule has 1 unspecified atom stereocenters. The van der Waals surface area contributed by atoms with E-state index in [1.165, 1.54) is 6.07 Å². The van der Waals surface area contributed by atoms with E-state index in [1.807, 2.05) is 4.90 Å². The number of hydrogen-bond acceptors (Lipinski definition) is 4. The van der Waals surface area contributed by atoms with E-state index in [-0.39, 0.29) is 5.91 Å². The van der Waals surface area contributed by atoms with E-state index in [0.717, 1.165) is 12.1 Å². The molecule has 0 aliphatic carbocycles. The Morgan fingerprint density at radius 3 is 2.21 bits per heavy atom. The predicted octanol–water partition coefficient (Wildman–Crippen LogP) is 3.83. The molecule has 1 atom stereocenters. The highest BCUT2D eigenvalue weighted by Gasteiger charge is 2.31. The lowest BCUT2D eigenvalue weighted by Crippen LogP contribution is -2.52. The number of alkyl halides is 3. The summed E-state index contributed by atoms with van der Waals surface area (Å²) < 4.78 is 49.6. The van der Waals surface area contributed by atoms with E-state index < -0.39 is 17.8 Å². The number of amides is 1. The smallest absolute Gasteiger partial charge is 0.416 e. The number of piperazine rings is 1. The van der Waals surface area contributed by atoms with Crippen molar-refractivity contribution in [1.82, 2.24) is 4.90 Å². The van der Waals surface area contributed by atoms with Gasteiger partial charge in [0.05, 0.1) is 12.7 Å². The largest absolute Gasteiger partial charge is 0.497 e. The van der Waals surface area contributed by atoms with Crippen molar-refractivity contribution in [3.63, 3.8) is 0 Å². The molecule has 1 saturated heterocycles. The van der Waals surface area contributed by atoms with E-state index in [9.17, 15) is 18.0 Å². The summed E-state index contributed by atoms with van der Waals surface area (Å²) in [5.74, 6) is 1.11. The van der Waals surface area contributed by atoms with Gasteiger partial charge in [-0.2, -0.15) is 13.2 Å². The fraction of sp³-hybridized carbons (Fsp3) is 0.381. The lowest BCUT2D eigenvalue weighted by molar-refractivity contribution is -0.138. The Bertz CT molecular complexity index is 832. The van der Waals surface area contributed by atoms with Crippen LogP contribution in [0.3, 0.4) is 0 Å². The number of halogens is 3. The normalized spacial score (nSPS) is 15.8. The average Bonchev–Trinajstić information content (AvgIpc) is 2.73. The highest BCUT2D eigenvalue weighted by atomic mass is 19.4. The molecule has 1 amide bonds. The highest BCUT2D eigenvalue weighted by Crippen LogP contribution is 2.32. The van der Waals surface area contributed by atoms with Crippen molar-refractivity contribution in [3.05, 3.63) is 54.1 Å². The lowest BCUT2D eigenvalue weighted by Gasteiger charge is -2.37. The fourth-order valence-corrected chi connectivity index (χ4v) is 3.23. The van der Waals surface area contributed by atoms with Crippen LogP contribution in [0, 0.1) is 0 Å². The van der Waals surface area contributed by atoms with Gasteiger partial charge in [0.2, 0.25) is 0 Å². The molecule has 0 spiro atoms. The molecule has 1 fully saturated rings. The quantitative estimate of drug-likeness (QED) is 0.754. The molecule has 0 radical (unpaired) electrons. The maximum absolute atomic E-state index is 12.9. The summed E-state index contributed by atoms with van der Waals surface area (Å²) in [7, 11) is 1.57. The van der Waals surface area contributed by atoms with Crippen molar-refractivity contribution in [2.45, 2.75) is 19.2 Å². The van der Waals surface area contributed by atoms with Crippen LogP contribution in [0.15, 0.2) is 48.5 Å². The number of carbonyl (C=O) groups excluding carboxylic acids is 1. The van der Waals surface area contributed by atoms with Crippen LogP contribution in [0.4, 0.5) is 18.9 Å². The van der Waals surface area contributed by atoms with E-state index in [4.69, 9.17) is 9.47 Å². The van der Waals surface area contributed by atoms with E-state index in [1.54, 1.807) is 49.3 Å². The molecule has 2 aromatic carbocycles. The molecule has 3 rings (SSSR count). The number of methoxy groups -OCH3 is 1. The summed E-state index contributed by atoms with van der Waals surface area (Å²) in [6.07, 6.45) is -5.04. The summed E-state index contributed by atoms with van der Waals surface area (Å²) in [6, 6.07) is 12.2. The standard InChI is InChI=1S/C21H23F3N2O3/c1-15(29-19-8-6-18(28-2)7-9-19)20(27)26-12-10-25(11-13-26)17-5-3-4-16(14-17)21(22,23)24/h3-9,14-15H,10-13H2,1-2H3. The number of anilines is 1. The third kappa shape index (κ3) is 5.13. The number of carbonyl (C=O) groups is 1. The molecule has 0 N–H and O–H groups in total. The molecule has 1 aliphatic rings. The van der Waals surface area contributed by atoms with Gasteiger partial charge in [-0.1, -0.05) is 6.07 Å². The molecule has 0 bridgehead atoms. The Kier molecular flexibility index (Phi) is 6.20. The minimum atomic E-state index is -4.37. The monoisotopic (exact) mass is 408 g/mol. The predicted molar refractivity (Wildman–Crippen MR) is 103 cm³/mol. The molecule has 0 saturated carbocycles. The Balaban J connectivity index is 1.56. The molecule has 156 valence electrons. The maximum atomic E-state index is 12.9. The van der Waals surface area contributed by atoms with Crippen LogP contribution in [-0.2, 0) is 11.0 Å². The van der Waals surface area contributed by atoms with Crippen molar-refractivity contribution < 1.29 is 27.4 Å². The second-order valence-corrected chi connectivity index (χ2v) is 6.80. The first-order valence-electron chi connectivity index (χ1n) is 9.29. The summed E-state index contributed by atoms with van der Waals surface area (Å²) >= 11 is 0. The Morgan fingerprint density at radius 1 is 1.00 bits per heavy atom. The molecule has 0 aromatic heterocycles. The first-order chi connectivity index (χ1) is 13.8. The molecule has 1 aliphatic heterocycles. The van der Waals surface area contributed by atoms with Gasteiger partial charge in [-0.3, -0.25) is 4.79 Å². The van der Waals surface area contributed by atoms with Crippen LogP contribution < -0.4 is 14.4 Å². The topological polar surface area (TPSA) is 42.0 Å². The molecule has 1 heterocycles. The van der Waals surface area contributed by atoms with E-state index >= 15 is 0 Å². The minimum absolute atomic E-state index is 0.149. The van der Waals surface area contributed by atoms with Gasteiger partial charge in [0.1, 0.15) is 11.5 Å². The second-order valence-electron chi connectivity index (χ2n) is 6.80. The third-order valence-electron chi connectivity index (χ3n) is 4.85. The van der Waals surface area contributed by atoms with Crippen LogP contribution in [0.5, 0.6) is 11.5 Å². The highest BCUT2D eigenvalue weighted by molar-refractivity contribution is 5.81. The first-order valence-corrected chi connectivity index (χ1v) is 9.29. The third-order valence-corrected chi connectivity index (χ3v) is 4.85. The summed E-state index contributed by atoms with van der Waals surface area (Å²) in [4.78, 5) is 16.2. The van der Waals surface area contributed by atoms with Gasteiger partial charge in [-0.05, 0) is 49.4 Å². The zero-order valence-corrected chi connectivity index (χ0v) is 16.3. The summed E-state index contributed by atoms with van der Waals surface area (Å²) in [5.41, 5.74) is -0.163. The zero-order chi connectivity index (χ0) is 21.0. The van der Waals surface area contributed by atoms with Crippen molar-refractivity contribution in [2.24, 2.45) is 0 Å². The van der Waals surface area contributed by atoms with Crippen LogP contribution >= 0.6 is 0 Å². The number of nitrogens with zero attached hydrogens (tertiary/aromatic N) is 2. The lowest BCUT2D eigenvalue weighted by atomic mass is 10.1. The van der Waals surface area contributed by atoms with Crippen molar-refractivity contribution in [3.8, 4) is 11.5 Å². The van der Waals surface area contributed by atoms with E-state index in [2.05, 4.69) is 0 Å². The first kappa shape index (κ1) is 20.8. The summed E-state index contributed by atoms with van der Waals surface area (Å²) in [6.45, 7) is 3.45. The van der Waals surface area contributed by atoms with Gasteiger partial charge in [0.15, 0.2) is 6.10 Å². The Morgan fingerprint density at radius 2 is 1.62 bits per heavy atom.